The third-order valence-corrected chi connectivity index (χ3v) is 3.67. The van der Waals surface area contributed by atoms with Gasteiger partial charge in [-0.05, 0) is 30.0 Å². The van der Waals surface area contributed by atoms with Crippen molar-refractivity contribution in [3.8, 4) is 11.5 Å². The topological polar surface area (TPSA) is 35.5 Å². The van der Waals surface area contributed by atoms with E-state index in [0.717, 1.165) is 33.4 Å². The molecule has 92 valence electrons. The zero-order chi connectivity index (χ0) is 12.4. The maximum atomic E-state index is 10.6. The van der Waals surface area contributed by atoms with Crippen LogP contribution in [-0.2, 0) is 4.79 Å². The molecule has 1 aromatic carbocycles. The van der Waals surface area contributed by atoms with Crippen molar-refractivity contribution < 1.29 is 14.3 Å². The minimum absolute atomic E-state index is 0.178. The zero-order valence-electron chi connectivity index (χ0n) is 9.96. The highest BCUT2D eigenvalue weighted by Crippen LogP contribution is 2.42. The summed E-state index contributed by atoms with van der Waals surface area (Å²) in [6.07, 6.45) is 1.46. The number of ether oxygens (including phenoxy) is 2. The Hall–Kier alpha value is -1.03. The monoisotopic (exact) mass is 298 g/mol. The number of halogens is 1. The molecule has 0 radical (unpaired) electrons. The molecule has 0 spiro atoms. The summed E-state index contributed by atoms with van der Waals surface area (Å²) in [5.74, 6) is 1.77. The summed E-state index contributed by atoms with van der Waals surface area (Å²) in [6, 6.07) is 1.93. The molecule has 0 saturated heterocycles. The lowest BCUT2D eigenvalue weighted by Crippen LogP contribution is -2.17. The Labute approximate surface area is 109 Å². The molecule has 2 rings (SSSR count). The predicted molar refractivity (Wildman–Crippen MR) is 69.0 cm³/mol. The largest absolute Gasteiger partial charge is 0.486 e. The summed E-state index contributed by atoms with van der Waals surface area (Å²) >= 11 is 3.55. The molecule has 17 heavy (non-hydrogen) atoms. The van der Waals surface area contributed by atoms with E-state index in [2.05, 4.69) is 15.9 Å². The molecule has 1 aliphatic heterocycles. The van der Waals surface area contributed by atoms with Gasteiger partial charge in [0, 0.05) is 10.9 Å². The quantitative estimate of drug-likeness (QED) is 0.804. The van der Waals surface area contributed by atoms with E-state index in [1.165, 1.54) is 0 Å². The van der Waals surface area contributed by atoms with Gasteiger partial charge >= 0.3 is 0 Å². The van der Waals surface area contributed by atoms with E-state index in [9.17, 15) is 4.79 Å². The molecule has 0 N–H and O–H groups in total. The van der Waals surface area contributed by atoms with Crippen LogP contribution in [0.3, 0.4) is 0 Å². The Kier molecular flexibility index (Phi) is 3.72. The molecule has 1 heterocycles. The van der Waals surface area contributed by atoms with Crippen LogP contribution in [-0.4, -0.2) is 19.5 Å². The first-order valence-electron chi connectivity index (χ1n) is 5.67. The van der Waals surface area contributed by atoms with Crippen molar-refractivity contribution in [3.05, 3.63) is 21.7 Å². The van der Waals surface area contributed by atoms with E-state index >= 15 is 0 Å². The highest BCUT2D eigenvalue weighted by Gasteiger charge is 2.22. The van der Waals surface area contributed by atoms with E-state index in [1.54, 1.807) is 0 Å². The molecule has 0 bridgehead atoms. The predicted octanol–water partition coefficient (Wildman–Crippen LogP) is 3.22. The van der Waals surface area contributed by atoms with Crippen molar-refractivity contribution in [2.45, 2.75) is 26.2 Å². The number of fused-ring (bicyclic) bond motifs is 1. The summed E-state index contributed by atoms with van der Waals surface area (Å²) in [4.78, 5) is 10.6. The minimum atomic E-state index is 0.178. The highest BCUT2D eigenvalue weighted by molar-refractivity contribution is 9.10. The number of aldehydes is 1. The van der Waals surface area contributed by atoms with Gasteiger partial charge in [-0.2, -0.15) is 0 Å². The van der Waals surface area contributed by atoms with Gasteiger partial charge in [-0.1, -0.05) is 22.9 Å². The first-order chi connectivity index (χ1) is 8.15. The maximum absolute atomic E-state index is 10.6. The van der Waals surface area contributed by atoms with E-state index in [-0.39, 0.29) is 5.92 Å². The highest BCUT2D eigenvalue weighted by atomic mass is 79.9. The molecule has 0 fully saturated rings. The molecule has 1 aromatic rings. The molecular formula is C13H15BrO3. The molecule has 4 heteroatoms. The fourth-order valence-corrected chi connectivity index (χ4v) is 3.09. The first-order valence-corrected chi connectivity index (χ1v) is 6.46. The van der Waals surface area contributed by atoms with Gasteiger partial charge in [-0.15, -0.1) is 0 Å². The molecular weight excluding hydrogens is 284 g/mol. The Balaban J connectivity index is 2.48. The zero-order valence-corrected chi connectivity index (χ0v) is 11.5. The average molecular weight is 299 g/mol. The van der Waals surface area contributed by atoms with Crippen LogP contribution in [0.15, 0.2) is 10.5 Å². The second-order valence-electron chi connectivity index (χ2n) is 4.22. The van der Waals surface area contributed by atoms with E-state index < -0.39 is 0 Å². The number of carbonyl (C=O) groups excluding carboxylic acids is 1. The van der Waals surface area contributed by atoms with Crippen molar-refractivity contribution >= 4 is 22.2 Å². The summed E-state index contributed by atoms with van der Waals surface area (Å²) in [6.45, 7) is 5.21. The van der Waals surface area contributed by atoms with E-state index in [0.29, 0.717) is 19.6 Å². The number of carbonyl (C=O) groups is 1. The normalized spacial score (nSPS) is 15.5. The van der Waals surface area contributed by atoms with Crippen molar-refractivity contribution in [1.29, 1.82) is 0 Å². The van der Waals surface area contributed by atoms with Gasteiger partial charge in [0.1, 0.15) is 19.5 Å². The van der Waals surface area contributed by atoms with Crippen molar-refractivity contribution in [3.63, 3.8) is 0 Å². The summed E-state index contributed by atoms with van der Waals surface area (Å²) in [5.41, 5.74) is 2.18. The summed E-state index contributed by atoms with van der Waals surface area (Å²) < 4.78 is 12.2. The Morgan fingerprint density at radius 1 is 1.47 bits per heavy atom. The SMILES string of the molecule is Cc1c2c(cc(Br)c1C(C)CC=O)OCCO2. The van der Waals surface area contributed by atoms with Crippen molar-refractivity contribution in [2.24, 2.45) is 0 Å². The molecule has 0 saturated carbocycles. The molecule has 1 aliphatic rings. The van der Waals surface area contributed by atoms with Crippen LogP contribution in [0, 0.1) is 6.92 Å². The van der Waals surface area contributed by atoms with Gasteiger partial charge in [0.2, 0.25) is 0 Å². The van der Waals surface area contributed by atoms with Gasteiger partial charge in [-0.3, -0.25) is 0 Å². The molecule has 1 atom stereocenters. The van der Waals surface area contributed by atoms with E-state index in [4.69, 9.17) is 9.47 Å². The van der Waals surface area contributed by atoms with Crippen LogP contribution < -0.4 is 9.47 Å². The van der Waals surface area contributed by atoms with E-state index in [1.807, 2.05) is 19.9 Å². The molecule has 0 amide bonds. The summed E-state index contributed by atoms with van der Waals surface area (Å²) in [5, 5.41) is 0. The molecule has 1 unspecified atom stereocenters. The second kappa shape index (κ2) is 5.08. The lowest BCUT2D eigenvalue weighted by atomic mass is 9.93. The molecule has 0 aliphatic carbocycles. The van der Waals surface area contributed by atoms with Crippen LogP contribution >= 0.6 is 15.9 Å². The number of hydrogen-bond donors (Lipinski definition) is 0. The van der Waals surface area contributed by atoms with Gasteiger partial charge in [0.05, 0.1) is 0 Å². The number of benzene rings is 1. The second-order valence-corrected chi connectivity index (χ2v) is 5.08. The van der Waals surface area contributed by atoms with Gasteiger partial charge in [0.25, 0.3) is 0 Å². The number of hydrogen-bond acceptors (Lipinski definition) is 3. The van der Waals surface area contributed by atoms with Gasteiger partial charge in [-0.25, -0.2) is 0 Å². The number of rotatable bonds is 3. The van der Waals surface area contributed by atoms with Crippen LogP contribution in [0.4, 0.5) is 0 Å². The lowest BCUT2D eigenvalue weighted by Gasteiger charge is -2.24. The fraction of sp³-hybridized carbons (Fsp3) is 0.462. The lowest BCUT2D eigenvalue weighted by molar-refractivity contribution is -0.108. The fourth-order valence-electron chi connectivity index (χ4n) is 2.19. The third-order valence-electron chi connectivity index (χ3n) is 3.01. The standard InChI is InChI=1S/C13H15BrO3/c1-8(3-4-15)12-9(2)13-11(7-10(12)14)16-5-6-17-13/h4,7-8H,3,5-6H2,1-2H3. The van der Waals surface area contributed by atoms with Crippen LogP contribution in [0.2, 0.25) is 0 Å². The Morgan fingerprint density at radius 3 is 2.88 bits per heavy atom. The van der Waals surface area contributed by atoms with Gasteiger partial charge in [0.15, 0.2) is 11.5 Å². The smallest absolute Gasteiger partial charge is 0.164 e. The molecule has 3 nitrogen and oxygen atoms in total. The maximum Gasteiger partial charge on any atom is 0.164 e. The molecule has 0 aromatic heterocycles. The average Bonchev–Trinajstić information content (AvgIpc) is 2.29. The minimum Gasteiger partial charge on any atom is -0.486 e. The van der Waals surface area contributed by atoms with Crippen molar-refractivity contribution in [2.75, 3.05) is 13.2 Å². The Morgan fingerprint density at radius 2 is 2.18 bits per heavy atom. The van der Waals surface area contributed by atoms with Crippen LogP contribution in [0.1, 0.15) is 30.4 Å². The Bertz CT molecular complexity index is 443. The van der Waals surface area contributed by atoms with Crippen LogP contribution in [0.25, 0.3) is 0 Å². The van der Waals surface area contributed by atoms with Crippen LogP contribution in [0.5, 0.6) is 11.5 Å². The van der Waals surface area contributed by atoms with Gasteiger partial charge < -0.3 is 14.3 Å². The third kappa shape index (κ3) is 2.32. The first kappa shape index (κ1) is 12.4. The van der Waals surface area contributed by atoms with Crippen molar-refractivity contribution in [1.82, 2.24) is 0 Å². The summed E-state index contributed by atoms with van der Waals surface area (Å²) in [7, 11) is 0.